The summed E-state index contributed by atoms with van der Waals surface area (Å²) in [5, 5.41) is 15.0. The fourth-order valence-electron chi connectivity index (χ4n) is 1.44. The molecule has 0 spiro atoms. The van der Waals surface area contributed by atoms with Gasteiger partial charge in [-0.3, -0.25) is 0 Å². The molecule has 0 fully saturated rings. The number of rotatable bonds is 4. The molecule has 1 N–H and O–H groups in total. The van der Waals surface area contributed by atoms with Crippen molar-refractivity contribution in [2.45, 2.75) is 27.3 Å². The van der Waals surface area contributed by atoms with Crippen molar-refractivity contribution < 1.29 is 4.52 Å². The summed E-state index contributed by atoms with van der Waals surface area (Å²) in [6, 6.07) is 1.90. The second-order valence-electron chi connectivity index (χ2n) is 3.78. The van der Waals surface area contributed by atoms with Gasteiger partial charge >= 0.3 is 0 Å². The van der Waals surface area contributed by atoms with Crippen LogP contribution in [0, 0.1) is 13.8 Å². The highest BCUT2D eigenvalue weighted by molar-refractivity contribution is 5.55. The average Bonchev–Trinajstić information content (AvgIpc) is 2.78. The van der Waals surface area contributed by atoms with E-state index in [1.54, 1.807) is 0 Å². The van der Waals surface area contributed by atoms with Gasteiger partial charge in [-0.1, -0.05) is 12.1 Å². The van der Waals surface area contributed by atoms with Crippen LogP contribution in [0.5, 0.6) is 0 Å². The zero-order chi connectivity index (χ0) is 12.3. The average molecular weight is 233 g/mol. The van der Waals surface area contributed by atoms with Gasteiger partial charge in [0.25, 0.3) is 5.89 Å². The lowest BCUT2D eigenvalue weighted by Gasteiger charge is -1.99. The highest BCUT2D eigenvalue weighted by Crippen LogP contribution is 2.19. The molecule has 6 nitrogen and oxygen atoms in total. The largest absolute Gasteiger partial charge is 0.334 e. The van der Waals surface area contributed by atoms with Crippen molar-refractivity contribution in [3.05, 3.63) is 23.3 Å². The Kier molecular flexibility index (Phi) is 3.43. The molecule has 17 heavy (non-hydrogen) atoms. The predicted molar refractivity (Wildman–Crippen MR) is 62.2 cm³/mol. The van der Waals surface area contributed by atoms with Gasteiger partial charge in [-0.25, -0.2) is 0 Å². The molecule has 2 heterocycles. The van der Waals surface area contributed by atoms with Gasteiger partial charge in [-0.15, -0.1) is 0 Å². The van der Waals surface area contributed by atoms with Gasteiger partial charge in [0.05, 0.1) is 23.5 Å². The molecule has 0 amide bonds. The Balaban J connectivity index is 2.27. The van der Waals surface area contributed by atoms with Crippen LogP contribution < -0.4 is 5.32 Å². The summed E-state index contributed by atoms with van der Waals surface area (Å²) in [4.78, 5) is 4.31. The Morgan fingerprint density at radius 1 is 1.29 bits per heavy atom. The molecule has 0 unspecified atom stereocenters. The fraction of sp³-hybridized carbons (Fsp3) is 0.455. The minimum absolute atomic E-state index is 0.494. The summed E-state index contributed by atoms with van der Waals surface area (Å²) in [6.45, 7) is 7.26. The third kappa shape index (κ3) is 2.65. The molecular weight excluding hydrogens is 218 g/mol. The first-order valence-corrected chi connectivity index (χ1v) is 5.55. The van der Waals surface area contributed by atoms with Crippen LogP contribution in [0.4, 0.5) is 0 Å². The van der Waals surface area contributed by atoms with Gasteiger partial charge in [-0.2, -0.15) is 15.2 Å². The summed E-state index contributed by atoms with van der Waals surface area (Å²) in [6.07, 6.45) is 0. The molecule has 2 rings (SSSR count). The monoisotopic (exact) mass is 233 g/mol. The van der Waals surface area contributed by atoms with E-state index in [0.717, 1.165) is 23.5 Å². The number of aryl methyl sites for hydroxylation is 2. The summed E-state index contributed by atoms with van der Waals surface area (Å²) >= 11 is 0. The maximum Gasteiger partial charge on any atom is 0.259 e. The molecule has 0 radical (unpaired) electrons. The first-order chi connectivity index (χ1) is 8.20. The van der Waals surface area contributed by atoms with E-state index in [2.05, 4.69) is 25.7 Å². The molecular formula is C11H15N5O. The normalized spacial score (nSPS) is 10.8. The van der Waals surface area contributed by atoms with Crippen molar-refractivity contribution in [3.8, 4) is 11.5 Å². The van der Waals surface area contributed by atoms with E-state index in [1.807, 2.05) is 26.8 Å². The van der Waals surface area contributed by atoms with E-state index in [-0.39, 0.29) is 0 Å². The molecule has 0 bridgehead atoms. The van der Waals surface area contributed by atoms with Crippen LogP contribution in [0.2, 0.25) is 0 Å². The van der Waals surface area contributed by atoms with E-state index in [1.165, 1.54) is 0 Å². The van der Waals surface area contributed by atoms with E-state index < -0.39 is 0 Å². The molecule has 0 aliphatic heterocycles. The topological polar surface area (TPSA) is 76.7 Å². The molecule has 0 saturated carbocycles. The summed E-state index contributed by atoms with van der Waals surface area (Å²) in [5.74, 6) is 1.14. The Hall–Kier alpha value is -1.82. The molecule has 0 aliphatic rings. The number of nitrogens with zero attached hydrogens (tertiary/aromatic N) is 4. The van der Waals surface area contributed by atoms with Crippen molar-refractivity contribution in [2.75, 3.05) is 6.54 Å². The quantitative estimate of drug-likeness (QED) is 0.856. The van der Waals surface area contributed by atoms with Crippen LogP contribution in [0.3, 0.4) is 0 Å². The second-order valence-corrected chi connectivity index (χ2v) is 3.78. The van der Waals surface area contributed by atoms with Crippen LogP contribution in [0.1, 0.15) is 24.1 Å². The second kappa shape index (κ2) is 5.01. The van der Waals surface area contributed by atoms with Crippen LogP contribution in [-0.4, -0.2) is 26.9 Å². The molecule has 2 aromatic rings. The molecule has 0 aromatic carbocycles. The van der Waals surface area contributed by atoms with Crippen molar-refractivity contribution in [2.24, 2.45) is 0 Å². The number of hydrogen-bond donors (Lipinski definition) is 1. The third-order valence-electron chi connectivity index (χ3n) is 2.33. The first-order valence-electron chi connectivity index (χ1n) is 5.55. The number of hydrogen-bond acceptors (Lipinski definition) is 6. The Morgan fingerprint density at radius 2 is 2.12 bits per heavy atom. The predicted octanol–water partition coefficient (Wildman–Crippen LogP) is 1.25. The van der Waals surface area contributed by atoms with Crippen LogP contribution in [0.15, 0.2) is 10.6 Å². The van der Waals surface area contributed by atoms with Crippen molar-refractivity contribution in [1.82, 2.24) is 25.7 Å². The lowest BCUT2D eigenvalue weighted by atomic mass is 10.2. The van der Waals surface area contributed by atoms with Gasteiger partial charge in [0.2, 0.25) is 0 Å². The Morgan fingerprint density at radius 3 is 2.88 bits per heavy atom. The van der Waals surface area contributed by atoms with Crippen LogP contribution in [0.25, 0.3) is 11.5 Å². The van der Waals surface area contributed by atoms with Gasteiger partial charge < -0.3 is 9.84 Å². The Bertz CT molecular complexity index is 508. The zero-order valence-electron chi connectivity index (χ0n) is 10.2. The first kappa shape index (κ1) is 11.7. The highest BCUT2D eigenvalue weighted by Gasteiger charge is 2.12. The van der Waals surface area contributed by atoms with Gasteiger partial charge in [0.1, 0.15) is 0 Å². The van der Waals surface area contributed by atoms with Gasteiger partial charge in [0.15, 0.2) is 5.82 Å². The minimum Gasteiger partial charge on any atom is -0.334 e. The van der Waals surface area contributed by atoms with Gasteiger partial charge in [0, 0.05) is 0 Å². The number of aromatic nitrogens is 4. The summed E-state index contributed by atoms with van der Waals surface area (Å²) < 4.78 is 5.21. The molecule has 2 aromatic heterocycles. The lowest BCUT2D eigenvalue weighted by molar-refractivity contribution is 0.419. The molecule has 0 saturated heterocycles. The van der Waals surface area contributed by atoms with E-state index in [0.29, 0.717) is 18.3 Å². The molecule has 6 heteroatoms. The minimum atomic E-state index is 0.494. The smallest absolute Gasteiger partial charge is 0.259 e. The fourth-order valence-corrected chi connectivity index (χ4v) is 1.44. The lowest BCUT2D eigenvalue weighted by Crippen LogP contribution is -2.12. The Labute approximate surface area is 99.5 Å². The van der Waals surface area contributed by atoms with Crippen molar-refractivity contribution >= 4 is 0 Å². The zero-order valence-corrected chi connectivity index (χ0v) is 10.2. The highest BCUT2D eigenvalue weighted by atomic mass is 16.5. The third-order valence-corrected chi connectivity index (χ3v) is 2.33. The standard InChI is InChI=1S/C11H15N5O/c1-4-12-6-10-13-11(17-16-10)9-5-7(2)14-15-8(9)3/h5,12H,4,6H2,1-3H3. The maximum atomic E-state index is 5.21. The molecule has 0 atom stereocenters. The van der Waals surface area contributed by atoms with Crippen molar-refractivity contribution in [1.29, 1.82) is 0 Å². The maximum absolute atomic E-state index is 5.21. The molecule has 0 aliphatic carbocycles. The van der Waals surface area contributed by atoms with Crippen LogP contribution in [-0.2, 0) is 6.54 Å². The summed E-state index contributed by atoms with van der Waals surface area (Å²) in [5.41, 5.74) is 2.46. The van der Waals surface area contributed by atoms with E-state index in [9.17, 15) is 0 Å². The van der Waals surface area contributed by atoms with Crippen molar-refractivity contribution in [3.63, 3.8) is 0 Å². The number of nitrogens with one attached hydrogen (secondary N) is 1. The van der Waals surface area contributed by atoms with E-state index in [4.69, 9.17) is 4.52 Å². The van der Waals surface area contributed by atoms with Gasteiger partial charge in [-0.05, 0) is 26.5 Å². The molecule has 90 valence electrons. The summed E-state index contributed by atoms with van der Waals surface area (Å²) in [7, 11) is 0. The SMILES string of the molecule is CCNCc1noc(-c2cc(C)nnc2C)n1. The van der Waals surface area contributed by atoms with E-state index >= 15 is 0 Å². The van der Waals surface area contributed by atoms with Crippen LogP contribution >= 0.6 is 0 Å².